The fourth-order valence-electron chi connectivity index (χ4n) is 6.01. The average Bonchev–Trinajstić information content (AvgIpc) is 4.07. The van der Waals surface area contributed by atoms with Gasteiger partial charge in [-0.15, -0.1) is 60.8 Å². The van der Waals surface area contributed by atoms with E-state index in [2.05, 4.69) is 159 Å². The molecule has 0 spiro atoms. The molecule has 0 N–H and O–H groups in total. The molecule has 0 fully saturated rings. The molecule has 0 saturated heterocycles. The predicted octanol–water partition coefficient (Wildman–Crippen LogP) is 14.2. The van der Waals surface area contributed by atoms with Crippen LogP contribution in [0.25, 0.3) is 22.3 Å². The van der Waals surface area contributed by atoms with Crippen LogP contribution in [0.1, 0.15) is 47.2 Å². The Hall–Kier alpha value is -3.31. The van der Waals surface area contributed by atoms with Gasteiger partial charge in [0.2, 0.25) is 0 Å². The molecular weight excluding hydrogens is 949 g/mol. The van der Waals surface area contributed by atoms with Crippen LogP contribution in [0.5, 0.6) is 0 Å². The summed E-state index contributed by atoms with van der Waals surface area (Å²) in [6.07, 6.45) is 2.10. The molecule has 0 aromatic heterocycles. The number of halogens is 4. The Balaban J connectivity index is 0.000000363. The van der Waals surface area contributed by atoms with Gasteiger partial charge >= 0.3 is 141 Å². The van der Waals surface area contributed by atoms with E-state index in [0.29, 0.717) is 0 Å². The molecule has 292 valence electrons. The molecule has 0 nitrogen and oxygen atoms in total. The fraction of sp³-hybridized carbons (Fsp3) is 0.0769. The molecule has 0 saturated carbocycles. The van der Waals surface area contributed by atoms with Gasteiger partial charge in [0.1, 0.15) is 0 Å². The largest absolute Gasteiger partial charge is 0.214 e. The fourth-order valence-corrected chi connectivity index (χ4v) is 6.83. The van der Waals surface area contributed by atoms with Crippen molar-refractivity contribution in [3.63, 3.8) is 0 Å². The van der Waals surface area contributed by atoms with Crippen molar-refractivity contribution in [1.29, 1.82) is 0 Å². The zero-order valence-electron chi connectivity index (χ0n) is 32.7. The first-order valence-electron chi connectivity index (χ1n) is 18.2. The van der Waals surface area contributed by atoms with E-state index in [1.807, 2.05) is 72.8 Å². The van der Waals surface area contributed by atoms with E-state index in [-0.39, 0.29) is 49.6 Å². The van der Waals surface area contributed by atoms with Crippen molar-refractivity contribution >= 4 is 56.0 Å². The Bertz CT molecular complexity index is 2000. The van der Waals surface area contributed by atoms with E-state index in [4.69, 9.17) is 0 Å². The molecule has 2 aliphatic rings. The predicted molar refractivity (Wildman–Crippen MR) is 253 cm³/mol. The summed E-state index contributed by atoms with van der Waals surface area (Å²) in [7, 11) is 0. The Morgan fingerprint density at radius 1 is 0.414 bits per heavy atom. The van der Waals surface area contributed by atoms with Crippen molar-refractivity contribution in [1.82, 2.24) is 0 Å². The van der Waals surface area contributed by atoms with Gasteiger partial charge in [-0.2, -0.15) is 96.1 Å². The van der Waals surface area contributed by atoms with Crippen LogP contribution in [-0.4, -0.2) is 6.41 Å². The summed E-state index contributed by atoms with van der Waals surface area (Å²) < 4.78 is 2.92. The summed E-state index contributed by atoms with van der Waals surface area (Å²) in [5, 5.41) is 0. The molecule has 0 aliphatic heterocycles. The van der Waals surface area contributed by atoms with Gasteiger partial charge < -0.3 is 0 Å². The average molecular weight is 997 g/mol. The Labute approximate surface area is 401 Å². The van der Waals surface area contributed by atoms with Crippen LogP contribution in [-0.2, 0) is 61.3 Å². The van der Waals surface area contributed by atoms with Crippen molar-refractivity contribution < 1.29 is 48.5 Å². The summed E-state index contributed by atoms with van der Waals surface area (Å²) in [5.41, 5.74) is 13.7. The molecule has 0 unspecified atom stereocenters. The third-order valence-corrected chi connectivity index (χ3v) is 9.89. The topological polar surface area (TPSA) is 0 Å². The third kappa shape index (κ3) is 17.1. The maximum atomic E-state index is 3.30. The van der Waals surface area contributed by atoms with E-state index >= 15 is 0 Å². The Kier molecular flexibility index (Phi) is 27.1. The first kappa shape index (κ1) is 52.7. The second-order valence-corrected chi connectivity index (χ2v) is 16.5. The summed E-state index contributed by atoms with van der Waals surface area (Å²) >= 11 is 3.01. The van der Waals surface area contributed by atoms with Crippen LogP contribution in [0.3, 0.4) is 0 Å². The zero-order valence-corrected chi connectivity index (χ0v) is 40.9. The number of rotatable bonds is 2. The van der Waals surface area contributed by atoms with E-state index in [1.165, 1.54) is 86.3 Å². The zero-order chi connectivity index (χ0) is 37.8. The number of fused-ring (bicyclic) bond motifs is 6. The molecule has 8 aromatic carbocycles. The number of hydrogen-bond acceptors (Lipinski definition) is 0. The minimum Gasteiger partial charge on any atom is -0.214 e. The molecule has 6 heteroatoms. The molecule has 0 heterocycles. The standard InChI is InChI=1S/2C13H9.C13H10.2C5H5.C3H6.4ClH.2Zr/c2*1-3-7-12-10(5-1)9-11-6-2-4-8-13(11)12;1-3-7-12(8-4-1)11-13-9-5-2-6-10-13;2*1-2-4-5-3-1;1-3-2;;;;;;/h2*1-5,7-8H,9H2;1-10H;2*1-5H;1-2H3;4*1H;;/q2*-1;;2*-1;;;;;;2*+2. The van der Waals surface area contributed by atoms with Gasteiger partial charge in [-0.25, -0.2) is 24.3 Å². The van der Waals surface area contributed by atoms with Crippen molar-refractivity contribution in [2.45, 2.75) is 26.7 Å². The summed E-state index contributed by atoms with van der Waals surface area (Å²) in [5.74, 6) is 0. The van der Waals surface area contributed by atoms with Gasteiger partial charge in [-0.1, -0.05) is 70.8 Å². The van der Waals surface area contributed by atoms with Crippen LogP contribution in [0.15, 0.2) is 206 Å². The van der Waals surface area contributed by atoms with Crippen LogP contribution in [0.4, 0.5) is 0 Å². The van der Waals surface area contributed by atoms with Crippen LogP contribution in [0, 0.1) is 12.1 Å². The Morgan fingerprint density at radius 2 is 0.724 bits per heavy atom. The SMILES string of the molecule is C[C](C)=[Zr+2].Cl.Cl.Cl.Cl.[Zr+2]=[C](c1ccccc1)c1ccccc1.[c-]1cccc2c1Cc1ccccc1-2.[c-]1cccc2c1Cc1ccccc1-2.c1cc[cH-]c1.c1cc[cH-]c1. The number of benzene rings is 6. The van der Waals surface area contributed by atoms with Crippen molar-refractivity contribution in [3.8, 4) is 22.3 Å². The first-order valence-corrected chi connectivity index (χ1v) is 20.7. The maximum absolute atomic E-state index is 3.30. The molecule has 58 heavy (non-hydrogen) atoms. The van der Waals surface area contributed by atoms with Gasteiger partial charge in [0.15, 0.2) is 0 Å². The minimum absolute atomic E-state index is 0. The van der Waals surface area contributed by atoms with Crippen LogP contribution in [0.2, 0.25) is 0 Å². The van der Waals surface area contributed by atoms with E-state index in [9.17, 15) is 0 Å². The smallest absolute Gasteiger partial charge is 0.0253 e. The van der Waals surface area contributed by atoms with Gasteiger partial charge in [0.25, 0.3) is 0 Å². The van der Waals surface area contributed by atoms with E-state index in [1.54, 1.807) is 24.2 Å². The van der Waals surface area contributed by atoms with Crippen LogP contribution >= 0.6 is 49.6 Å². The van der Waals surface area contributed by atoms with Gasteiger partial charge in [0, 0.05) is 0 Å². The molecule has 0 amide bonds. The third-order valence-electron chi connectivity index (χ3n) is 8.47. The molecule has 0 bridgehead atoms. The second-order valence-electron chi connectivity index (χ2n) is 12.8. The second kappa shape index (κ2) is 29.8. The Morgan fingerprint density at radius 3 is 1.05 bits per heavy atom. The molecule has 8 aromatic rings. The first-order chi connectivity index (χ1) is 26.5. The maximum Gasteiger partial charge on any atom is -0.0253 e. The minimum atomic E-state index is 0. The molecular formula is C52H48Cl4Zr2. The van der Waals surface area contributed by atoms with Crippen molar-refractivity contribution in [2.75, 3.05) is 0 Å². The van der Waals surface area contributed by atoms with E-state index in [0.717, 1.165) is 12.8 Å². The van der Waals surface area contributed by atoms with E-state index < -0.39 is 0 Å². The summed E-state index contributed by atoms with van der Waals surface area (Å²) in [6.45, 7) is 4.25. The quantitative estimate of drug-likeness (QED) is 0.151. The summed E-state index contributed by atoms with van der Waals surface area (Å²) in [4.78, 5) is 0. The molecule has 10 rings (SSSR count). The van der Waals surface area contributed by atoms with Crippen molar-refractivity contribution in [2.24, 2.45) is 0 Å². The van der Waals surface area contributed by atoms with Gasteiger partial charge in [0.05, 0.1) is 0 Å². The molecule has 2 aliphatic carbocycles. The van der Waals surface area contributed by atoms with Crippen molar-refractivity contribution in [3.05, 3.63) is 252 Å². The number of hydrogen-bond donors (Lipinski definition) is 0. The molecule has 0 radical (unpaired) electrons. The van der Waals surface area contributed by atoms with Crippen LogP contribution < -0.4 is 0 Å². The monoisotopic (exact) mass is 992 g/mol. The molecule has 0 atom stereocenters. The normalized spacial score (nSPS) is 9.76. The van der Waals surface area contributed by atoms with Gasteiger partial charge in [-0.05, 0) is 12.8 Å². The van der Waals surface area contributed by atoms with Gasteiger partial charge in [-0.3, -0.25) is 0 Å². The summed E-state index contributed by atoms with van der Waals surface area (Å²) in [6, 6.07) is 77.3.